The van der Waals surface area contributed by atoms with Crippen molar-refractivity contribution < 1.29 is 17.9 Å². The van der Waals surface area contributed by atoms with Gasteiger partial charge in [-0.2, -0.15) is 4.98 Å². The number of imidazole rings is 1. The third-order valence-corrected chi connectivity index (χ3v) is 5.98. The standard InChI is InChI=1S/C18H15N5O4S2/c24-16(11-27-17-21-14-3-1-2-4-15(14)22-17)20-12-5-7-13(8-6-12)29(25,26)23-18-19-9-10-28-18/h1-10H,11H2,(H,19,23)(H,20,24)(H,21,22). The molecule has 29 heavy (non-hydrogen) atoms. The second kappa shape index (κ2) is 7.89. The highest BCUT2D eigenvalue weighted by Crippen LogP contribution is 2.20. The number of hydrogen-bond acceptors (Lipinski definition) is 7. The number of aromatic nitrogens is 3. The Bertz CT molecular complexity index is 1200. The number of nitrogens with zero attached hydrogens (tertiary/aromatic N) is 2. The van der Waals surface area contributed by atoms with Gasteiger partial charge in [0.15, 0.2) is 11.7 Å². The van der Waals surface area contributed by atoms with E-state index in [1.54, 1.807) is 5.38 Å². The molecule has 0 bridgehead atoms. The quantitative estimate of drug-likeness (QED) is 0.415. The largest absolute Gasteiger partial charge is 0.455 e. The minimum absolute atomic E-state index is 0.0595. The summed E-state index contributed by atoms with van der Waals surface area (Å²) in [6.07, 6.45) is 1.51. The normalized spacial score (nSPS) is 11.3. The summed E-state index contributed by atoms with van der Waals surface area (Å²) < 4.78 is 32.4. The van der Waals surface area contributed by atoms with Gasteiger partial charge in [-0.05, 0) is 36.4 Å². The van der Waals surface area contributed by atoms with Crippen molar-refractivity contribution in [2.24, 2.45) is 0 Å². The Morgan fingerprint density at radius 2 is 1.93 bits per heavy atom. The van der Waals surface area contributed by atoms with Gasteiger partial charge in [-0.1, -0.05) is 12.1 Å². The first-order chi connectivity index (χ1) is 14.0. The highest BCUT2D eigenvalue weighted by atomic mass is 32.2. The van der Waals surface area contributed by atoms with Crippen molar-refractivity contribution in [3.05, 3.63) is 60.1 Å². The Labute approximate surface area is 169 Å². The molecule has 4 aromatic rings. The Kier molecular flexibility index (Phi) is 5.14. The van der Waals surface area contributed by atoms with E-state index in [9.17, 15) is 13.2 Å². The van der Waals surface area contributed by atoms with Crippen LogP contribution in [0.15, 0.2) is 65.0 Å². The van der Waals surface area contributed by atoms with Crippen LogP contribution in [0.25, 0.3) is 11.0 Å². The summed E-state index contributed by atoms with van der Waals surface area (Å²) in [7, 11) is -3.74. The fourth-order valence-electron chi connectivity index (χ4n) is 2.49. The molecule has 2 aromatic carbocycles. The molecule has 11 heteroatoms. The highest BCUT2D eigenvalue weighted by Gasteiger charge is 2.15. The van der Waals surface area contributed by atoms with Crippen LogP contribution in [0.4, 0.5) is 10.8 Å². The number of para-hydroxylation sites is 2. The third-order valence-electron chi connectivity index (χ3n) is 3.81. The monoisotopic (exact) mass is 429 g/mol. The number of carbonyl (C=O) groups excluding carboxylic acids is 1. The second-order valence-electron chi connectivity index (χ2n) is 5.86. The summed E-state index contributed by atoms with van der Waals surface area (Å²) in [6, 6.07) is 13.4. The van der Waals surface area contributed by atoms with Crippen LogP contribution < -0.4 is 14.8 Å². The third kappa shape index (κ3) is 4.52. The first-order valence-corrected chi connectivity index (χ1v) is 10.8. The lowest BCUT2D eigenvalue weighted by Gasteiger charge is -2.08. The van der Waals surface area contributed by atoms with Gasteiger partial charge in [0, 0.05) is 17.3 Å². The van der Waals surface area contributed by atoms with Gasteiger partial charge >= 0.3 is 0 Å². The molecular weight excluding hydrogens is 414 g/mol. The lowest BCUT2D eigenvalue weighted by atomic mass is 10.3. The Morgan fingerprint density at radius 3 is 2.66 bits per heavy atom. The van der Waals surface area contributed by atoms with Gasteiger partial charge in [0.25, 0.3) is 21.9 Å². The fraction of sp³-hybridized carbons (Fsp3) is 0.0556. The zero-order valence-corrected chi connectivity index (χ0v) is 16.5. The highest BCUT2D eigenvalue weighted by molar-refractivity contribution is 7.93. The van der Waals surface area contributed by atoms with Gasteiger partial charge in [0.05, 0.1) is 15.9 Å². The molecule has 1 amide bonds. The van der Waals surface area contributed by atoms with E-state index in [4.69, 9.17) is 4.74 Å². The Balaban J connectivity index is 1.35. The van der Waals surface area contributed by atoms with E-state index in [0.29, 0.717) is 5.69 Å². The van der Waals surface area contributed by atoms with Gasteiger partial charge in [-0.25, -0.2) is 13.4 Å². The van der Waals surface area contributed by atoms with Crippen molar-refractivity contribution in [3.8, 4) is 6.01 Å². The van der Waals surface area contributed by atoms with Crippen molar-refractivity contribution in [3.63, 3.8) is 0 Å². The fourth-order valence-corrected chi connectivity index (χ4v) is 4.28. The summed E-state index contributed by atoms with van der Waals surface area (Å²) in [5.74, 6) is -0.401. The number of fused-ring (bicyclic) bond motifs is 1. The molecule has 0 saturated heterocycles. The van der Waals surface area contributed by atoms with E-state index in [0.717, 1.165) is 11.0 Å². The van der Waals surface area contributed by atoms with Crippen LogP contribution in [0.5, 0.6) is 6.01 Å². The zero-order chi connectivity index (χ0) is 20.3. The number of aromatic amines is 1. The van der Waals surface area contributed by atoms with Crippen molar-refractivity contribution in [2.75, 3.05) is 16.6 Å². The van der Waals surface area contributed by atoms with Crippen LogP contribution in [-0.2, 0) is 14.8 Å². The van der Waals surface area contributed by atoms with Crippen molar-refractivity contribution in [1.82, 2.24) is 15.0 Å². The zero-order valence-electron chi connectivity index (χ0n) is 14.8. The van der Waals surface area contributed by atoms with Crippen molar-refractivity contribution in [1.29, 1.82) is 0 Å². The first-order valence-electron chi connectivity index (χ1n) is 8.39. The minimum Gasteiger partial charge on any atom is -0.455 e. The maximum Gasteiger partial charge on any atom is 0.295 e. The van der Waals surface area contributed by atoms with Gasteiger partial charge in [-0.3, -0.25) is 9.52 Å². The smallest absolute Gasteiger partial charge is 0.295 e. The summed E-state index contributed by atoms with van der Waals surface area (Å²) in [5.41, 5.74) is 1.99. The van der Waals surface area contributed by atoms with Crippen LogP contribution in [0, 0.1) is 0 Å². The van der Waals surface area contributed by atoms with Gasteiger partial charge in [0.2, 0.25) is 0 Å². The second-order valence-corrected chi connectivity index (χ2v) is 8.44. The number of H-pyrrole nitrogens is 1. The summed E-state index contributed by atoms with van der Waals surface area (Å²) in [5, 5.41) is 4.59. The summed E-state index contributed by atoms with van der Waals surface area (Å²) in [4.78, 5) is 23.2. The Hall–Kier alpha value is -3.44. The summed E-state index contributed by atoms with van der Waals surface area (Å²) >= 11 is 1.18. The van der Waals surface area contributed by atoms with Crippen LogP contribution in [0.3, 0.4) is 0 Å². The molecule has 148 valence electrons. The molecule has 9 nitrogen and oxygen atoms in total. The number of sulfonamides is 1. The number of benzene rings is 2. The number of ether oxygens (including phenoxy) is 1. The molecule has 0 aliphatic heterocycles. The lowest BCUT2D eigenvalue weighted by Crippen LogP contribution is -2.20. The average Bonchev–Trinajstić information content (AvgIpc) is 3.35. The van der Waals surface area contributed by atoms with E-state index < -0.39 is 15.9 Å². The first kappa shape index (κ1) is 18.9. The number of nitrogens with one attached hydrogen (secondary N) is 3. The molecule has 0 aliphatic carbocycles. The predicted molar refractivity (Wildman–Crippen MR) is 110 cm³/mol. The molecule has 0 aliphatic rings. The molecule has 0 atom stereocenters. The molecule has 2 heterocycles. The predicted octanol–water partition coefficient (Wildman–Crippen LogP) is 2.84. The van der Waals surface area contributed by atoms with Crippen LogP contribution >= 0.6 is 11.3 Å². The van der Waals surface area contributed by atoms with E-state index in [2.05, 4.69) is 25.0 Å². The molecule has 3 N–H and O–H groups in total. The van der Waals surface area contributed by atoms with E-state index in [1.165, 1.54) is 41.8 Å². The molecule has 4 rings (SSSR count). The molecule has 0 fully saturated rings. The van der Waals surface area contributed by atoms with Crippen LogP contribution in [0.2, 0.25) is 0 Å². The average molecular weight is 429 g/mol. The number of carbonyl (C=O) groups is 1. The number of thiazole rings is 1. The molecule has 0 saturated carbocycles. The number of hydrogen-bond donors (Lipinski definition) is 3. The molecular formula is C18H15N5O4S2. The SMILES string of the molecule is O=C(COc1nc2ccccc2[nH]1)Nc1ccc(S(=O)(=O)Nc2nccs2)cc1. The minimum atomic E-state index is -3.74. The van der Waals surface area contributed by atoms with Gasteiger partial charge < -0.3 is 15.0 Å². The lowest BCUT2D eigenvalue weighted by molar-refractivity contribution is -0.118. The van der Waals surface area contributed by atoms with E-state index in [1.807, 2.05) is 24.3 Å². The van der Waals surface area contributed by atoms with E-state index in [-0.39, 0.29) is 22.6 Å². The Morgan fingerprint density at radius 1 is 1.14 bits per heavy atom. The van der Waals surface area contributed by atoms with Crippen LogP contribution in [0.1, 0.15) is 0 Å². The molecule has 0 radical (unpaired) electrons. The number of amides is 1. The van der Waals surface area contributed by atoms with Crippen molar-refractivity contribution in [2.45, 2.75) is 4.90 Å². The number of rotatable bonds is 7. The van der Waals surface area contributed by atoms with Crippen LogP contribution in [-0.4, -0.2) is 35.9 Å². The maximum atomic E-state index is 12.3. The number of anilines is 2. The topological polar surface area (TPSA) is 126 Å². The molecule has 0 unspecified atom stereocenters. The summed E-state index contributed by atoms with van der Waals surface area (Å²) in [6.45, 7) is -0.245. The molecule has 2 aromatic heterocycles. The maximum absolute atomic E-state index is 12.3. The van der Waals surface area contributed by atoms with Gasteiger partial charge in [-0.15, -0.1) is 11.3 Å². The molecule has 0 spiro atoms. The van der Waals surface area contributed by atoms with Gasteiger partial charge in [0.1, 0.15) is 0 Å². The van der Waals surface area contributed by atoms with Crippen molar-refractivity contribution >= 4 is 49.1 Å². The van der Waals surface area contributed by atoms with E-state index >= 15 is 0 Å².